The number of nitrogens with zero attached hydrogens (tertiary/aromatic N) is 4. The van der Waals surface area contributed by atoms with Crippen LogP contribution >= 0.6 is 0 Å². The number of methoxy groups -OCH3 is 1. The van der Waals surface area contributed by atoms with E-state index in [4.69, 9.17) is 4.74 Å². The molecule has 1 aromatic carbocycles. The molecule has 0 aliphatic rings. The fourth-order valence-electron chi connectivity index (χ4n) is 3.54. The zero-order valence-electron chi connectivity index (χ0n) is 16.1. The second-order valence-electron chi connectivity index (χ2n) is 6.88. The fraction of sp³-hybridized carbons (Fsp3) is 0.227. The summed E-state index contributed by atoms with van der Waals surface area (Å²) in [5.74, 6) is 0.347. The van der Waals surface area contributed by atoms with Crippen LogP contribution in [0.15, 0.2) is 49.1 Å². The molecule has 28 heavy (non-hydrogen) atoms. The van der Waals surface area contributed by atoms with E-state index in [0.717, 1.165) is 33.6 Å². The minimum absolute atomic E-state index is 0.237. The van der Waals surface area contributed by atoms with Crippen molar-refractivity contribution in [2.24, 2.45) is 0 Å². The summed E-state index contributed by atoms with van der Waals surface area (Å²) < 4.78 is 21.8. The predicted octanol–water partition coefficient (Wildman–Crippen LogP) is 4.34. The van der Waals surface area contributed by atoms with Gasteiger partial charge in [0.05, 0.1) is 7.11 Å². The quantitative estimate of drug-likeness (QED) is 0.520. The van der Waals surface area contributed by atoms with Gasteiger partial charge in [0.1, 0.15) is 17.9 Å². The number of aryl methyl sites for hydroxylation is 3. The Bertz CT molecular complexity index is 1150. The molecule has 0 amide bonds. The Morgan fingerprint density at radius 2 is 1.93 bits per heavy atom. The molecule has 4 rings (SSSR count). The lowest BCUT2D eigenvalue weighted by Gasteiger charge is -2.13. The van der Waals surface area contributed by atoms with Crippen molar-refractivity contribution in [3.8, 4) is 16.9 Å². The lowest BCUT2D eigenvalue weighted by atomic mass is 10.0. The van der Waals surface area contributed by atoms with Crippen molar-refractivity contribution in [1.29, 1.82) is 0 Å². The first-order valence-electron chi connectivity index (χ1n) is 9.14. The molecule has 0 aliphatic heterocycles. The number of rotatable bonds is 5. The standard InChI is InChI=1S/C22H21FN4O/c1-14-10-20(23)18(21(11-14)28-3)7-5-16-4-6-17(22-26-25-13-27(16)22)19-12-24-9-8-15(19)2/h4,6,8-13H,5,7H2,1-3H3. The summed E-state index contributed by atoms with van der Waals surface area (Å²) in [5.41, 5.74) is 6.33. The maximum absolute atomic E-state index is 14.5. The molecule has 0 N–H and O–H groups in total. The molecule has 0 radical (unpaired) electrons. The van der Waals surface area contributed by atoms with Crippen molar-refractivity contribution in [1.82, 2.24) is 19.6 Å². The zero-order valence-corrected chi connectivity index (χ0v) is 16.1. The summed E-state index contributed by atoms with van der Waals surface area (Å²) in [7, 11) is 1.57. The molecular formula is C22H21FN4O. The van der Waals surface area contributed by atoms with Crippen molar-refractivity contribution >= 4 is 5.65 Å². The van der Waals surface area contributed by atoms with E-state index in [2.05, 4.69) is 15.2 Å². The molecule has 0 aliphatic carbocycles. The fourth-order valence-corrected chi connectivity index (χ4v) is 3.54. The van der Waals surface area contributed by atoms with E-state index < -0.39 is 0 Å². The van der Waals surface area contributed by atoms with Crippen molar-refractivity contribution in [2.75, 3.05) is 7.11 Å². The number of hydrogen-bond donors (Lipinski definition) is 0. The van der Waals surface area contributed by atoms with Gasteiger partial charge in [-0.1, -0.05) is 0 Å². The van der Waals surface area contributed by atoms with Gasteiger partial charge in [-0.05, 0) is 68.1 Å². The van der Waals surface area contributed by atoms with Gasteiger partial charge in [0.15, 0.2) is 5.65 Å². The van der Waals surface area contributed by atoms with Crippen LogP contribution in [0.25, 0.3) is 16.8 Å². The Kier molecular flexibility index (Phi) is 4.77. The zero-order chi connectivity index (χ0) is 19.7. The van der Waals surface area contributed by atoms with Gasteiger partial charge in [-0.2, -0.15) is 0 Å². The Morgan fingerprint density at radius 3 is 2.71 bits per heavy atom. The van der Waals surface area contributed by atoms with Gasteiger partial charge in [0.25, 0.3) is 0 Å². The van der Waals surface area contributed by atoms with E-state index >= 15 is 0 Å². The highest BCUT2D eigenvalue weighted by atomic mass is 19.1. The molecule has 3 heterocycles. The highest BCUT2D eigenvalue weighted by molar-refractivity contribution is 5.79. The van der Waals surface area contributed by atoms with Gasteiger partial charge in [0, 0.05) is 34.8 Å². The molecule has 142 valence electrons. The molecular weight excluding hydrogens is 355 g/mol. The normalized spacial score (nSPS) is 11.1. The Labute approximate surface area is 162 Å². The number of ether oxygens (including phenoxy) is 1. The molecule has 0 bridgehead atoms. The molecule has 0 fully saturated rings. The number of hydrogen-bond acceptors (Lipinski definition) is 4. The van der Waals surface area contributed by atoms with E-state index in [9.17, 15) is 4.39 Å². The van der Waals surface area contributed by atoms with Gasteiger partial charge in [-0.25, -0.2) is 4.39 Å². The summed E-state index contributed by atoms with van der Waals surface area (Å²) >= 11 is 0. The maximum atomic E-state index is 14.5. The minimum Gasteiger partial charge on any atom is -0.496 e. The third-order valence-electron chi connectivity index (χ3n) is 5.02. The minimum atomic E-state index is -0.237. The topological polar surface area (TPSA) is 52.3 Å². The van der Waals surface area contributed by atoms with E-state index in [-0.39, 0.29) is 5.82 Å². The highest BCUT2D eigenvalue weighted by Crippen LogP contribution is 2.28. The van der Waals surface area contributed by atoms with Crippen LogP contribution in [-0.4, -0.2) is 26.7 Å². The number of fused-ring (bicyclic) bond motifs is 1. The van der Waals surface area contributed by atoms with E-state index in [1.807, 2.05) is 48.7 Å². The van der Waals surface area contributed by atoms with Crippen molar-refractivity contribution in [2.45, 2.75) is 26.7 Å². The van der Waals surface area contributed by atoms with E-state index in [1.54, 1.807) is 25.7 Å². The third-order valence-corrected chi connectivity index (χ3v) is 5.02. The van der Waals surface area contributed by atoms with Crippen molar-refractivity contribution < 1.29 is 9.13 Å². The van der Waals surface area contributed by atoms with Crippen LogP contribution in [0.4, 0.5) is 4.39 Å². The Hall–Kier alpha value is -3.28. The maximum Gasteiger partial charge on any atom is 0.168 e. The monoisotopic (exact) mass is 376 g/mol. The van der Waals surface area contributed by atoms with Crippen LogP contribution in [0.5, 0.6) is 5.75 Å². The third kappa shape index (κ3) is 3.22. The summed E-state index contributed by atoms with van der Waals surface area (Å²) in [6.07, 6.45) is 6.47. The van der Waals surface area contributed by atoms with Crippen LogP contribution < -0.4 is 4.74 Å². The van der Waals surface area contributed by atoms with Crippen LogP contribution in [0.3, 0.4) is 0 Å². The molecule has 4 aromatic rings. The smallest absolute Gasteiger partial charge is 0.168 e. The second kappa shape index (κ2) is 7.38. The number of pyridine rings is 2. The predicted molar refractivity (Wildman–Crippen MR) is 106 cm³/mol. The first-order valence-corrected chi connectivity index (χ1v) is 9.14. The highest BCUT2D eigenvalue weighted by Gasteiger charge is 2.14. The lowest BCUT2D eigenvalue weighted by Crippen LogP contribution is -2.04. The summed E-state index contributed by atoms with van der Waals surface area (Å²) in [4.78, 5) is 4.23. The van der Waals surface area contributed by atoms with Gasteiger partial charge in [0.2, 0.25) is 0 Å². The average molecular weight is 376 g/mol. The van der Waals surface area contributed by atoms with Gasteiger partial charge >= 0.3 is 0 Å². The molecule has 6 heteroatoms. The number of benzene rings is 1. The van der Waals surface area contributed by atoms with E-state index in [1.165, 1.54) is 0 Å². The van der Waals surface area contributed by atoms with Crippen molar-refractivity contribution in [3.63, 3.8) is 0 Å². The summed E-state index contributed by atoms with van der Waals surface area (Å²) in [5, 5.41) is 8.39. The summed E-state index contributed by atoms with van der Waals surface area (Å²) in [6, 6.07) is 9.45. The van der Waals surface area contributed by atoms with Gasteiger partial charge in [-0.15, -0.1) is 10.2 Å². The van der Waals surface area contributed by atoms with Crippen molar-refractivity contribution in [3.05, 3.63) is 77.3 Å². The first kappa shape index (κ1) is 18.1. The average Bonchev–Trinajstić information content (AvgIpc) is 3.17. The molecule has 0 unspecified atom stereocenters. The molecule has 3 aromatic heterocycles. The number of halogens is 1. The SMILES string of the molecule is COc1cc(C)cc(F)c1CCc1ccc(-c2cnccc2C)c2nncn12. The van der Waals surface area contributed by atoms with Crippen LogP contribution in [0, 0.1) is 19.7 Å². The lowest BCUT2D eigenvalue weighted by molar-refractivity contribution is 0.404. The Balaban J connectivity index is 1.70. The largest absolute Gasteiger partial charge is 0.496 e. The van der Waals surface area contributed by atoms with Crippen LogP contribution in [0.2, 0.25) is 0 Å². The van der Waals surface area contributed by atoms with Crippen LogP contribution in [-0.2, 0) is 12.8 Å². The Morgan fingerprint density at radius 1 is 1.07 bits per heavy atom. The number of aromatic nitrogens is 4. The van der Waals surface area contributed by atoms with Gasteiger partial charge in [-0.3, -0.25) is 9.38 Å². The van der Waals surface area contributed by atoms with Gasteiger partial charge < -0.3 is 4.74 Å². The van der Waals surface area contributed by atoms with E-state index in [0.29, 0.717) is 24.2 Å². The second-order valence-corrected chi connectivity index (χ2v) is 6.88. The van der Waals surface area contributed by atoms with Crippen LogP contribution in [0.1, 0.15) is 22.4 Å². The molecule has 0 saturated carbocycles. The molecule has 0 spiro atoms. The first-order chi connectivity index (χ1) is 13.6. The molecule has 0 saturated heterocycles. The molecule has 5 nitrogen and oxygen atoms in total. The summed E-state index contributed by atoms with van der Waals surface area (Å²) in [6.45, 7) is 3.90. The molecule has 0 atom stereocenters.